The van der Waals surface area contributed by atoms with Crippen molar-refractivity contribution in [3.05, 3.63) is 36.7 Å². The van der Waals surface area contributed by atoms with E-state index in [0.29, 0.717) is 11.7 Å². The molecule has 0 bridgehead atoms. The molecule has 8 heteroatoms. The molecule has 0 spiro atoms. The molecule has 2 aliphatic carbocycles. The predicted octanol–water partition coefficient (Wildman–Crippen LogP) is 1.39. The van der Waals surface area contributed by atoms with Crippen molar-refractivity contribution in [2.75, 3.05) is 13.1 Å². The summed E-state index contributed by atoms with van der Waals surface area (Å²) < 4.78 is 1.54. The molecule has 28 heavy (non-hydrogen) atoms. The van der Waals surface area contributed by atoms with Crippen molar-refractivity contribution in [3.8, 4) is 11.4 Å². The number of rotatable bonds is 9. The van der Waals surface area contributed by atoms with Crippen molar-refractivity contribution in [3.63, 3.8) is 0 Å². The molecule has 1 amide bonds. The van der Waals surface area contributed by atoms with Crippen LogP contribution in [0.25, 0.3) is 11.4 Å². The molecule has 1 aromatic carbocycles. The highest BCUT2D eigenvalue weighted by molar-refractivity contribution is 5.76. The number of hydrogen-bond acceptors (Lipinski definition) is 5. The van der Waals surface area contributed by atoms with Crippen molar-refractivity contribution in [1.82, 2.24) is 25.0 Å². The highest BCUT2D eigenvalue weighted by Gasteiger charge is 2.37. The van der Waals surface area contributed by atoms with E-state index < -0.39 is 5.97 Å². The average Bonchev–Trinajstić information content (AvgIpc) is 3.33. The maximum Gasteiger partial charge on any atom is 0.317 e. The lowest BCUT2D eigenvalue weighted by Crippen LogP contribution is -2.55. The van der Waals surface area contributed by atoms with Crippen molar-refractivity contribution in [2.24, 2.45) is 5.92 Å². The van der Waals surface area contributed by atoms with E-state index in [4.69, 9.17) is 5.11 Å². The molecule has 1 heterocycles. The summed E-state index contributed by atoms with van der Waals surface area (Å²) in [6, 6.07) is 9.99. The summed E-state index contributed by atoms with van der Waals surface area (Å²) in [5.74, 6) is 0.370. The van der Waals surface area contributed by atoms with Gasteiger partial charge in [0.25, 0.3) is 0 Å². The number of amides is 1. The minimum atomic E-state index is -0.784. The number of benzene rings is 1. The fraction of sp³-hybridized carbons (Fsp3) is 0.500. The van der Waals surface area contributed by atoms with E-state index in [-0.39, 0.29) is 31.1 Å². The second kappa shape index (κ2) is 8.10. The number of aliphatic carboxylic acids is 1. The fourth-order valence-electron chi connectivity index (χ4n) is 3.66. The van der Waals surface area contributed by atoms with Crippen LogP contribution < -0.4 is 5.32 Å². The second-order valence-corrected chi connectivity index (χ2v) is 7.79. The minimum Gasteiger partial charge on any atom is -0.480 e. The Morgan fingerprint density at radius 3 is 2.64 bits per heavy atom. The van der Waals surface area contributed by atoms with Crippen LogP contribution in [-0.4, -0.2) is 61.8 Å². The first-order valence-electron chi connectivity index (χ1n) is 9.77. The first-order valence-corrected chi connectivity index (χ1v) is 9.77. The average molecular weight is 383 g/mol. The van der Waals surface area contributed by atoms with E-state index in [1.807, 2.05) is 30.3 Å². The summed E-state index contributed by atoms with van der Waals surface area (Å²) in [6.45, 7) is 1.07. The van der Waals surface area contributed by atoms with Crippen molar-refractivity contribution < 1.29 is 14.7 Å². The maximum atomic E-state index is 12.3. The smallest absolute Gasteiger partial charge is 0.317 e. The maximum absolute atomic E-state index is 12.3. The first-order chi connectivity index (χ1) is 13.6. The molecule has 2 aromatic rings. The Labute approximate surface area is 163 Å². The normalized spacial score (nSPS) is 21.3. The summed E-state index contributed by atoms with van der Waals surface area (Å²) >= 11 is 0. The van der Waals surface area contributed by atoms with Gasteiger partial charge >= 0.3 is 5.97 Å². The molecular weight excluding hydrogens is 358 g/mol. The molecular formula is C20H25N5O3. The summed E-state index contributed by atoms with van der Waals surface area (Å²) in [5, 5.41) is 16.5. The van der Waals surface area contributed by atoms with Gasteiger partial charge in [0.15, 0.2) is 5.82 Å². The SMILES string of the molecule is O=C(O)CN(CC1CC1)C1CC(NC(=O)Cn2cnc(-c3ccccc3)n2)C1. The zero-order chi connectivity index (χ0) is 19.5. The molecule has 0 unspecified atom stereocenters. The number of aromatic nitrogens is 3. The number of carboxylic acid groups (broad SMARTS) is 1. The van der Waals surface area contributed by atoms with Crippen LogP contribution in [0, 0.1) is 5.92 Å². The molecule has 2 N–H and O–H groups in total. The van der Waals surface area contributed by atoms with Gasteiger partial charge in [-0.15, -0.1) is 0 Å². The third-order valence-corrected chi connectivity index (χ3v) is 5.40. The van der Waals surface area contributed by atoms with Crippen LogP contribution in [0.5, 0.6) is 0 Å². The van der Waals surface area contributed by atoms with Gasteiger partial charge in [-0.3, -0.25) is 14.5 Å². The Morgan fingerprint density at radius 1 is 1.21 bits per heavy atom. The minimum absolute atomic E-state index is 0.0864. The van der Waals surface area contributed by atoms with Crippen LogP contribution in [0.3, 0.4) is 0 Å². The van der Waals surface area contributed by atoms with Gasteiger partial charge in [0.05, 0.1) is 6.54 Å². The van der Waals surface area contributed by atoms with Gasteiger partial charge in [-0.25, -0.2) is 9.67 Å². The van der Waals surface area contributed by atoms with Gasteiger partial charge in [0, 0.05) is 24.2 Å². The largest absolute Gasteiger partial charge is 0.480 e. The summed E-state index contributed by atoms with van der Waals surface area (Å²) in [7, 11) is 0. The lowest BCUT2D eigenvalue weighted by Gasteiger charge is -2.42. The molecule has 0 atom stereocenters. The molecule has 0 saturated heterocycles. The van der Waals surface area contributed by atoms with E-state index in [1.54, 1.807) is 6.33 Å². The molecule has 2 aliphatic rings. The number of carbonyl (C=O) groups excluding carboxylic acids is 1. The molecule has 2 saturated carbocycles. The molecule has 4 rings (SSSR count). The zero-order valence-corrected chi connectivity index (χ0v) is 15.7. The topological polar surface area (TPSA) is 100 Å². The van der Waals surface area contributed by atoms with Gasteiger partial charge < -0.3 is 10.4 Å². The Balaban J connectivity index is 1.24. The van der Waals surface area contributed by atoms with E-state index in [9.17, 15) is 9.59 Å². The van der Waals surface area contributed by atoms with E-state index >= 15 is 0 Å². The third kappa shape index (κ3) is 4.75. The lowest BCUT2D eigenvalue weighted by molar-refractivity contribution is -0.140. The van der Waals surface area contributed by atoms with Gasteiger partial charge in [-0.1, -0.05) is 30.3 Å². The van der Waals surface area contributed by atoms with Crippen LogP contribution in [0.2, 0.25) is 0 Å². The highest BCUT2D eigenvalue weighted by Crippen LogP contribution is 2.33. The Hall–Kier alpha value is -2.74. The first kappa shape index (κ1) is 18.6. The van der Waals surface area contributed by atoms with Crippen molar-refractivity contribution in [2.45, 2.75) is 44.3 Å². The number of carboxylic acids is 1. The highest BCUT2D eigenvalue weighted by atomic mass is 16.4. The van der Waals surface area contributed by atoms with Crippen LogP contribution in [-0.2, 0) is 16.1 Å². The second-order valence-electron chi connectivity index (χ2n) is 7.79. The zero-order valence-electron chi connectivity index (χ0n) is 15.7. The van der Waals surface area contributed by atoms with E-state index in [2.05, 4.69) is 20.3 Å². The van der Waals surface area contributed by atoms with Crippen LogP contribution in [0.1, 0.15) is 25.7 Å². The number of nitrogens with one attached hydrogen (secondary N) is 1. The summed E-state index contributed by atoms with van der Waals surface area (Å²) in [6.07, 6.45) is 5.57. The molecule has 8 nitrogen and oxygen atoms in total. The van der Waals surface area contributed by atoms with Gasteiger partial charge in [-0.05, 0) is 31.6 Å². The molecule has 2 fully saturated rings. The molecule has 0 radical (unpaired) electrons. The predicted molar refractivity (Wildman–Crippen MR) is 102 cm³/mol. The van der Waals surface area contributed by atoms with Crippen molar-refractivity contribution >= 4 is 11.9 Å². The lowest BCUT2D eigenvalue weighted by atomic mass is 9.85. The van der Waals surface area contributed by atoms with Crippen LogP contribution in [0.4, 0.5) is 0 Å². The van der Waals surface area contributed by atoms with E-state index in [0.717, 1.165) is 24.9 Å². The number of hydrogen-bond donors (Lipinski definition) is 2. The van der Waals surface area contributed by atoms with E-state index in [1.165, 1.54) is 17.5 Å². The van der Waals surface area contributed by atoms with Gasteiger partial charge in [0.1, 0.15) is 12.9 Å². The van der Waals surface area contributed by atoms with Gasteiger partial charge in [0.2, 0.25) is 5.91 Å². The molecule has 1 aromatic heterocycles. The Morgan fingerprint density at radius 2 is 1.96 bits per heavy atom. The number of nitrogens with zero attached hydrogens (tertiary/aromatic N) is 4. The molecule has 0 aliphatic heterocycles. The monoisotopic (exact) mass is 383 g/mol. The van der Waals surface area contributed by atoms with Gasteiger partial charge in [-0.2, -0.15) is 5.10 Å². The summed E-state index contributed by atoms with van der Waals surface area (Å²) in [4.78, 5) is 29.7. The number of carbonyl (C=O) groups is 2. The standard InChI is InChI=1S/C20H25N5O3/c26-18(11-25-13-21-20(23-25)15-4-2-1-3-5-15)22-16-8-17(9-16)24(12-19(27)28)10-14-6-7-14/h1-5,13-14,16-17H,6-12H2,(H,22,26)(H,27,28). The quantitative estimate of drug-likeness (QED) is 0.679. The Kier molecular flexibility index (Phi) is 5.38. The van der Waals surface area contributed by atoms with Crippen LogP contribution >= 0.6 is 0 Å². The summed E-state index contributed by atoms with van der Waals surface area (Å²) in [5.41, 5.74) is 0.915. The Bertz CT molecular complexity index is 827. The third-order valence-electron chi connectivity index (χ3n) is 5.40. The van der Waals surface area contributed by atoms with Crippen LogP contribution in [0.15, 0.2) is 36.7 Å². The molecule has 148 valence electrons. The van der Waals surface area contributed by atoms with Crippen molar-refractivity contribution in [1.29, 1.82) is 0 Å². The fourth-order valence-corrected chi connectivity index (χ4v) is 3.66.